The Morgan fingerprint density at radius 3 is 2.58 bits per heavy atom. The van der Waals surface area contributed by atoms with Crippen LogP contribution in [-0.4, -0.2) is 39.6 Å². The van der Waals surface area contributed by atoms with Crippen molar-refractivity contribution in [2.75, 3.05) is 13.2 Å². The standard InChI is InChI=1S/C18H22FNO3S/c1-12(13-3-5-14(19)6-4-13)11-15-20-16(21)17(2,24-15)18(22)7-9-23-10-8-18/h3-6,12,22H,7-11H2,1-2H3/t12-,17-/m0/s1. The molecule has 0 radical (unpaired) electrons. The highest BCUT2D eigenvalue weighted by Crippen LogP contribution is 2.48. The second kappa shape index (κ2) is 6.58. The minimum absolute atomic E-state index is 0.122. The molecule has 1 aromatic rings. The van der Waals surface area contributed by atoms with Crippen LogP contribution in [0.5, 0.6) is 0 Å². The van der Waals surface area contributed by atoms with E-state index >= 15 is 0 Å². The van der Waals surface area contributed by atoms with E-state index in [1.54, 1.807) is 19.1 Å². The molecule has 1 aromatic carbocycles. The number of nitrogens with zero attached hydrogens (tertiary/aromatic N) is 1. The van der Waals surface area contributed by atoms with E-state index < -0.39 is 10.3 Å². The quantitative estimate of drug-likeness (QED) is 0.904. The molecule has 2 aliphatic rings. The third-order valence-electron chi connectivity index (χ3n) is 5.08. The molecule has 0 unspecified atom stereocenters. The number of aliphatic imine (C=N–C) groups is 1. The van der Waals surface area contributed by atoms with E-state index in [0.717, 1.165) is 10.6 Å². The molecule has 0 saturated carbocycles. The van der Waals surface area contributed by atoms with Crippen LogP contribution in [0.15, 0.2) is 29.3 Å². The van der Waals surface area contributed by atoms with Crippen molar-refractivity contribution in [2.24, 2.45) is 4.99 Å². The van der Waals surface area contributed by atoms with Gasteiger partial charge in [0.15, 0.2) is 0 Å². The average Bonchev–Trinajstić information content (AvgIpc) is 2.84. The van der Waals surface area contributed by atoms with Crippen LogP contribution in [0.1, 0.15) is 44.6 Å². The molecular weight excluding hydrogens is 329 g/mol. The smallest absolute Gasteiger partial charge is 0.265 e. The number of amides is 1. The maximum Gasteiger partial charge on any atom is 0.265 e. The van der Waals surface area contributed by atoms with Gasteiger partial charge in [0.25, 0.3) is 5.91 Å². The van der Waals surface area contributed by atoms with Crippen LogP contribution in [0.3, 0.4) is 0 Å². The summed E-state index contributed by atoms with van der Waals surface area (Å²) in [6.07, 6.45) is 1.49. The molecule has 2 atom stereocenters. The number of ether oxygens (including phenoxy) is 1. The van der Waals surface area contributed by atoms with Crippen LogP contribution in [0, 0.1) is 5.82 Å². The first-order chi connectivity index (χ1) is 11.3. The predicted molar refractivity (Wildman–Crippen MR) is 92.9 cm³/mol. The molecule has 2 aliphatic heterocycles. The first kappa shape index (κ1) is 17.6. The van der Waals surface area contributed by atoms with Crippen molar-refractivity contribution in [2.45, 2.75) is 49.4 Å². The van der Waals surface area contributed by atoms with Crippen LogP contribution in [-0.2, 0) is 9.53 Å². The number of aliphatic hydroxyl groups is 1. The highest BCUT2D eigenvalue weighted by Gasteiger charge is 2.56. The van der Waals surface area contributed by atoms with Gasteiger partial charge in [-0.15, -0.1) is 0 Å². The number of carbonyl (C=O) groups is 1. The Labute approximate surface area is 145 Å². The van der Waals surface area contributed by atoms with Gasteiger partial charge >= 0.3 is 0 Å². The predicted octanol–water partition coefficient (Wildman–Crippen LogP) is 3.29. The monoisotopic (exact) mass is 351 g/mol. The van der Waals surface area contributed by atoms with Gasteiger partial charge in [0, 0.05) is 32.5 Å². The largest absolute Gasteiger partial charge is 0.388 e. The number of thioether (sulfide) groups is 1. The van der Waals surface area contributed by atoms with E-state index in [1.165, 1.54) is 23.9 Å². The molecule has 1 N–H and O–H groups in total. The van der Waals surface area contributed by atoms with Crippen molar-refractivity contribution in [3.05, 3.63) is 35.6 Å². The van der Waals surface area contributed by atoms with Gasteiger partial charge in [-0.05, 0) is 30.5 Å². The first-order valence-electron chi connectivity index (χ1n) is 8.21. The Bertz CT molecular complexity index is 655. The van der Waals surface area contributed by atoms with Crippen LogP contribution in [0.2, 0.25) is 0 Å². The average molecular weight is 351 g/mol. The fourth-order valence-corrected chi connectivity index (χ4v) is 4.72. The summed E-state index contributed by atoms with van der Waals surface area (Å²) in [5, 5.41) is 11.7. The zero-order valence-electron chi connectivity index (χ0n) is 13.9. The SMILES string of the molecule is C[C@@H](CC1=NC(=O)[C@@](C)(C2(O)CCOCC2)S1)c1ccc(F)cc1. The number of carbonyl (C=O) groups excluding carboxylic acids is 1. The molecule has 0 bridgehead atoms. The summed E-state index contributed by atoms with van der Waals surface area (Å²) in [6.45, 7) is 4.73. The normalized spacial score (nSPS) is 27.8. The van der Waals surface area contributed by atoms with Crippen LogP contribution < -0.4 is 0 Å². The zero-order valence-corrected chi connectivity index (χ0v) is 14.7. The fourth-order valence-electron chi connectivity index (χ4n) is 3.26. The molecule has 0 aromatic heterocycles. The second-order valence-electron chi connectivity index (χ2n) is 6.75. The molecule has 1 saturated heterocycles. The zero-order chi connectivity index (χ0) is 17.4. The van der Waals surface area contributed by atoms with E-state index in [1.807, 2.05) is 6.92 Å². The molecule has 0 spiro atoms. The summed E-state index contributed by atoms with van der Waals surface area (Å²) in [4.78, 5) is 16.7. The highest BCUT2D eigenvalue weighted by atomic mass is 32.2. The van der Waals surface area contributed by atoms with E-state index in [0.29, 0.717) is 32.5 Å². The minimum Gasteiger partial charge on any atom is -0.388 e. The number of hydrogen-bond donors (Lipinski definition) is 1. The van der Waals surface area contributed by atoms with Gasteiger partial charge in [0.1, 0.15) is 10.6 Å². The van der Waals surface area contributed by atoms with Gasteiger partial charge in [-0.1, -0.05) is 30.8 Å². The lowest BCUT2D eigenvalue weighted by atomic mass is 9.81. The Morgan fingerprint density at radius 2 is 1.96 bits per heavy atom. The summed E-state index contributed by atoms with van der Waals surface area (Å²) < 4.78 is 17.4. The molecule has 130 valence electrons. The lowest BCUT2D eigenvalue weighted by molar-refractivity contribution is -0.133. The third kappa shape index (κ3) is 3.15. The van der Waals surface area contributed by atoms with E-state index in [2.05, 4.69) is 4.99 Å². The topological polar surface area (TPSA) is 58.9 Å². The van der Waals surface area contributed by atoms with Crippen molar-refractivity contribution in [3.8, 4) is 0 Å². The van der Waals surface area contributed by atoms with Gasteiger partial charge in [-0.2, -0.15) is 0 Å². The summed E-state index contributed by atoms with van der Waals surface area (Å²) in [5.41, 5.74) is -0.0808. The maximum atomic E-state index is 13.0. The Hall–Kier alpha value is -1.24. The Balaban J connectivity index is 1.71. The highest BCUT2D eigenvalue weighted by molar-refractivity contribution is 8.16. The molecule has 4 nitrogen and oxygen atoms in total. The summed E-state index contributed by atoms with van der Waals surface area (Å²) in [7, 11) is 0. The van der Waals surface area contributed by atoms with E-state index in [-0.39, 0.29) is 17.6 Å². The van der Waals surface area contributed by atoms with Gasteiger partial charge in [-0.3, -0.25) is 4.79 Å². The molecule has 2 heterocycles. The fraction of sp³-hybridized carbons (Fsp3) is 0.556. The van der Waals surface area contributed by atoms with E-state index in [9.17, 15) is 14.3 Å². The second-order valence-corrected chi connectivity index (χ2v) is 8.24. The van der Waals surface area contributed by atoms with Crippen LogP contribution >= 0.6 is 11.8 Å². The van der Waals surface area contributed by atoms with Crippen molar-refractivity contribution >= 4 is 22.7 Å². The van der Waals surface area contributed by atoms with Gasteiger partial charge in [-0.25, -0.2) is 9.38 Å². The van der Waals surface area contributed by atoms with Crippen LogP contribution in [0.25, 0.3) is 0 Å². The van der Waals surface area contributed by atoms with Crippen molar-refractivity contribution in [3.63, 3.8) is 0 Å². The van der Waals surface area contributed by atoms with E-state index in [4.69, 9.17) is 4.74 Å². The number of halogens is 1. The molecular formula is C18H22FNO3S. The van der Waals surface area contributed by atoms with Gasteiger partial charge in [0.2, 0.25) is 0 Å². The maximum absolute atomic E-state index is 13.0. The van der Waals surface area contributed by atoms with Crippen molar-refractivity contribution < 1.29 is 19.0 Å². The molecule has 1 amide bonds. The summed E-state index contributed by atoms with van der Waals surface area (Å²) >= 11 is 1.37. The van der Waals surface area contributed by atoms with Gasteiger partial charge in [0.05, 0.1) is 10.6 Å². The first-order valence-corrected chi connectivity index (χ1v) is 9.02. The number of rotatable bonds is 4. The van der Waals surface area contributed by atoms with Crippen molar-refractivity contribution in [1.29, 1.82) is 0 Å². The third-order valence-corrected chi connectivity index (χ3v) is 6.54. The lowest BCUT2D eigenvalue weighted by Crippen LogP contribution is -2.56. The number of hydrogen-bond acceptors (Lipinski definition) is 4. The van der Waals surface area contributed by atoms with Crippen molar-refractivity contribution in [1.82, 2.24) is 0 Å². The molecule has 6 heteroatoms. The summed E-state index contributed by atoms with van der Waals surface area (Å²) in [6, 6.07) is 6.39. The minimum atomic E-state index is -1.09. The number of benzene rings is 1. The van der Waals surface area contributed by atoms with Crippen LogP contribution in [0.4, 0.5) is 4.39 Å². The Morgan fingerprint density at radius 1 is 1.33 bits per heavy atom. The summed E-state index contributed by atoms with van der Waals surface area (Å²) in [5.74, 6) is -0.405. The molecule has 3 rings (SSSR count). The lowest BCUT2D eigenvalue weighted by Gasteiger charge is -2.42. The molecule has 1 fully saturated rings. The van der Waals surface area contributed by atoms with Gasteiger partial charge < -0.3 is 9.84 Å². The Kier molecular flexibility index (Phi) is 4.82. The molecule has 0 aliphatic carbocycles. The molecule has 24 heavy (non-hydrogen) atoms.